The van der Waals surface area contributed by atoms with Crippen molar-refractivity contribution in [1.29, 1.82) is 0 Å². The maximum atomic E-state index is 12.8. The van der Waals surface area contributed by atoms with Crippen LogP contribution in [0.3, 0.4) is 0 Å². The number of halogens is 3. The second kappa shape index (κ2) is 9.11. The smallest absolute Gasteiger partial charge is 0.352 e. The van der Waals surface area contributed by atoms with Crippen LogP contribution in [0.5, 0.6) is 0 Å². The highest BCUT2D eigenvalue weighted by Gasteiger charge is 2.31. The van der Waals surface area contributed by atoms with Gasteiger partial charge >= 0.3 is 6.18 Å². The van der Waals surface area contributed by atoms with Gasteiger partial charge in [-0.25, -0.2) is 9.67 Å². The maximum absolute atomic E-state index is 12.8. The zero-order valence-corrected chi connectivity index (χ0v) is 16.8. The molecule has 30 heavy (non-hydrogen) atoms. The number of aryl methyl sites for hydroxylation is 1. The van der Waals surface area contributed by atoms with E-state index in [1.54, 1.807) is 0 Å². The molecule has 3 aromatic rings. The predicted octanol–water partition coefficient (Wildman–Crippen LogP) is 4.77. The van der Waals surface area contributed by atoms with E-state index >= 15 is 0 Å². The quantitative estimate of drug-likeness (QED) is 0.565. The van der Waals surface area contributed by atoms with Gasteiger partial charge in [-0.3, -0.25) is 4.79 Å². The second-order valence-electron chi connectivity index (χ2n) is 7.26. The molecule has 0 aliphatic heterocycles. The van der Waals surface area contributed by atoms with E-state index in [0.29, 0.717) is 17.8 Å². The lowest BCUT2D eigenvalue weighted by Crippen LogP contribution is -2.26. The van der Waals surface area contributed by atoms with Crippen molar-refractivity contribution in [3.63, 3.8) is 0 Å². The fourth-order valence-electron chi connectivity index (χ4n) is 3.18. The highest BCUT2D eigenvalue weighted by atomic mass is 19.4. The topological polar surface area (TPSA) is 59.8 Å². The normalized spacial score (nSPS) is 11.7. The number of pyridine rings is 1. The van der Waals surface area contributed by atoms with Crippen molar-refractivity contribution in [2.75, 3.05) is 6.54 Å². The molecule has 0 radical (unpaired) electrons. The third-order valence-corrected chi connectivity index (χ3v) is 4.66. The molecule has 0 atom stereocenters. The molecule has 0 fully saturated rings. The molecular formula is C22H23F3N4O. The Kier molecular flexibility index (Phi) is 6.54. The Morgan fingerprint density at radius 2 is 1.83 bits per heavy atom. The summed E-state index contributed by atoms with van der Waals surface area (Å²) < 4.78 is 39.8. The van der Waals surface area contributed by atoms with Crippen molar-refractivity contribution in [2.45, 2.75) is 38.8 Å². The summed E-state index contributed by atoms with van der Waals surface area (Å²) in [5, 5.41) is 7.11. The third kappa shape index (κ3) is 5.06. The first kappa shape index (κ1) is 21.5. The van der Waals surface area contributed by atoms with Crippen LogP contribution >= 0.6 is 0 Å². The minimum atomic E-state index is -4.46. The maximum Gasteiger partial charge on any atom is 0.417 e. The van der Waals surface area contributed by atoms with E-state index in [0.717, 1.165) is 25.1 Å². The van der Waals surface area contributed by atoms with Gasteiger partial charge in [0.05, 0.1) is 23.0 Å². The Labute approximate surface area is 173 Å². The average molecular weight is 416 g/mol. The summed E-state index contributed by atoms with van der Waals surface area (Å²) in [6, 6.07) is 12.2. The fraction of sp³-hybridized carbons (Fsp3) is 0.318. The van der Waals surface area contributed by atoms with Gasteiger partial charge in [0.1, 0.15) is 0 Å². The summed E-state index contributed by atoms with van der Waals surface area (Å²) >= 11 is 0. The van der Waals surface area contributed by atoms with E-state index in [-0.39, 0.29) is 17.6 Å². The van der Waals surface area contributed by atoms with Gasteiger partial charge in [0.2, 0.25) is 0 Å². The molecule has 1 aromatic carbocycles. The second-order valence-corrected chi connectivity index (χ2v) is 7.26. The highest BCUT2D eigenvalue weighted by Crippen LogP contribution is 2.29. The summed E-state index contributed by atoms with van der Waals surface area (Å²) in [5.41, 5.74) is 1.37. The molecule has 0 spiro atoms. The average Bonchev–Trinajstić information content (AvgIpc) is 3.17. The number of amides is 1. The number of hydrogen-bond donors (Lipinski definition) is 1. The van der Waals surface area contributed by atoms with Crippen LogP contribution in [0.2, 0.25) is 0 Å². The number of hydrogen-bond acceptors (Lipinski definition) is 3. The van der Waals surface area contributed by atoms with Crippen molar-refractivity contribution in [1.82, 2.24) is 20.1 Å². The van der Waals surface area contributed by atoms with Gasteiger partial charge in [0.15, 0.2) is 5.82 Å². The molecule has 5 nitrogen and oxygen atoms in total. The molecule has 8 heteroatoms. The van der Waals surface area contributed by atoms with Crippen LogP contribution in [0, 0.1) is 0 Å². The van der Waals surface area contributed by atoms with Crippen LogP contribution in [0.1, 0.15) is 53.4 Å². The summed E-state index contributed by atoms with van der Waals surface area (Å²) in [6.45, 7) is 4.29. The third-order valence-electron chi connectivity index (χ3n) is 4.66. The van der Waals surface area contributed by atoms with Crippen molar-refractivity contribution >= 4 is 5.91 Å². The zero-order valence-electron chi connectivity index (χ0n) is 16.8. The first-order valence-electron chi connectivity index (χ1n) is 9.71. The molecule has 2 aromatic heterocycles. The minimum absolute atomic E-state index is 0.0818. The van der Waals surface area contributed by atoms with Crippen LogP contribution in [0.15, 0.2) is 54.9 Å². The molecule has 0 unspecified atom stereocenters. The van der Waals surface area contributed by atoms with Crippen molar-refractivity contribution in [3.8, 4) is 5.82 Å². The van der Waals surface area contributed by atoms with Gasteiger partial charge in [-0.1, -0.05) is 44.2 Å². The Morgan fingerprint density at radius 1 is 1.10 bits per heavy atom. The molecule has 1 amide bonds. The Bertz CT molecular complexity index is 980. The lowest BCUT2D eigenvalue weighted by atomic mass is 10.1. The van der Waals surface area contributed by atoms with Gasteiger partial charge in [-0.05, 0) is 36.5 Å². The van der Waals surface area contributed by atoms with Gasteiger partial charge in [0, 0.05) is 12.7 Å². The van der Waals surface area contributed by atoms with E-state index in [2.05, 4.69) is 15.4 Å². The number of nitrogens with zero attached hydrogens (tertiary/aromatic N) is 3. The van der Waals surface area contributed by atoms with E-state index in [1.165, 1.54) is 22.5 Å². The number of carbonyl (C=O) groups excluding carboxylic acids is 1. The first-order chi connectivity index (χ1) is 14.3. The molecule has 158 valence electrons. The van der Waals surface area contributed by atoms with Crippen LogP contribution < -0.4 is 5.32 Å². The predicted molar refractivity (Wildman–Crippen MR) is 108 cm³/mol. The van der Waals surface area contributed by atoms with E-state index in [9.17, 15) is 18.0 Å². The number of aromatic nitrogens is 3. The molecule has 0 bridgehead atoms. The molecule has 2 heterocycles. The van der Waals surface area contributed by atoms with Crippen molar-refractivity contribution in [2.24, 2.45) is 0 Å². The number of benzene rings is 1. The SMILES string of the molecule is CC(C)c1c(C(=O)NCCCc2ccccc2)cnn1-c1ccc(C(F)(F)F)cn1. The molecular weight excluding hydrogens is 393 g/mol. The number of alkyl halides is 3. The monoisotopic (exact) mass is 416 g/mol. The Hall–Kier alpha value is -3.16. The van der Waals surface area contributed by atoms with Crippen molar-refractivity contribution < 1.29 is 18.0 Å². The number of rotatable bonds is 7. The largest absolute Gasteiger partial charge is 0.417 e. The Morgan fingerprint density at radius 3 is 2.43 bits per heavy atom. The number of nitrogens with one attached hydrogen (secondary N) is 1. The van der Waals surface area contributed by atoms with Crippen LogP contribution in [-0.4, -0.2) is 27.2 Å². The first-order valence-corrected chi connectivity index (χ1v) is 9.71. The van der Waals surface area contributed by atoms with E-state index in [4.69, 9.17) is 0 Å². The van der Waals surface area contributed by atoms with Gasteiger partial charge < -0.3 is 5.32 Å². The highest BCUT2D eigenvalue weighted by molar-refractivity contribution is 5.95. The zero-order chi connectivity index (χ0) is 21.7. The molecule has 0 saturated carbocycles. The standard InChI is InChI=1S/C22H23F3N4O/c1-15(2)20-18(21(30)26-12-6-9-16-7-4-3-5-8-16)14-28-29(20)19-11-10-17(13-27-19)22(23,24)25/h3-5,7-8,10-11,13-15H,6,9,12H2,1-2H3,(H,26,30). The summed E-state index contributed by atoms with van der Waals surface area (Å²) in [6.07, 6.45) is -0.610. The Balaban J connectivity index is 1.71. The fourth-order valence-corrected chi connectivity index (χ4v) is 3.18. The summed E-state index contributed by atoms with van der Waals surface area (Å²) in [7, 11) is 0. The van der Waals surface area contributed by atoms with E-state index in [1.807, 2.05) is 44.2 Å². The van der Waals surface area contributed by atoms with Crippen LogP contribution in [0.4, 0.5) is 13.2 Å². The van der Waals surface area contributed by atoms with Gasteiger partial charge in [0.25, 0.3) is 5.91 Å². The van der Waals surface area contributed by atoms with Crippen LogP contribution in [0.25, 0.3) is 5.82 Å². The summed E-state index contributed by atoms with van der Waals surface area (Å²) in [4.78, 5) is 16.6. The molecule has 1 N–H and O–H groups in total. The molecule has 0 aliphatic carbocycles. The summed E-state index contributed by atoms with van der Waals surface area (Å²) in [5.74, 6) is -0.110. The lowest BCUT2D eigenvalue weighted by Gasteiger charge is -2.13. The molecule has 3 rings (SSSR count). The lowest BCUT2D eigenvalue weighted by molar-refractivity contribution is -0.137. The van der Waals surface area contributed by atoms with Crippen molar-refractivity contribution in [3.05, 3.63) is 77.2 Å². The van der Waals surface area contributed by atoms with Gasteiger partial charge in [-0.2, -0.15) is 18.3 Å². The molecule has 0 aliphatic rings. The minimum Gasteiger partial charge on any atom is -0.352 e. The number of carbonyl (C=O) groups is 1. The van der Waals surface area contributed by atoms with Gasteiger partial charge in [-0.15, -0.1) is 0 Å². The van der Waals surface area contributed by atoms with E-state index < -0.39 is 11.7 Å². The van der Waals surface area contributed by atoms with Crippen LogP contribution in [-0.2, 0) is 12.6 Å². The molecule has 0 saturated heterocycles.